The Bertz CT molecular complexity index is 789. The minimum Gasteiger partial charge on any atom is -0.491 e. The van der Waals surface area contributed by atoms with Gasteiger partial charge in [-0.1, -0.05) is 70.6 Å². The molecule has 0 aromatic heterocycles. The predicted molar refractivity (Wildman–Crippen MR) is 125 cm³/mol. The number of rotatable bonds is 12. The molecule has 0 spiro atoms. The van der Waals surface area contributed by atoms with Gasteiger partial charge in [0.05, 0.1) is 11.4 Å². The first-order valence-corrected chi connectivity index (χ1v) is 11.6. The Balaban J connectivity index is 2.09. The summed E-state index contributed by atoms with van der Waals surface area (Å²) in [5, 5.41) is 9.22. The van der Waals surface area contributed by atoms with E-state index in [0.717, 1.165) is 17.1 Å². The molecular weight excluding hydrogens is 394 g/mol. The van der Waals surface area contributed by atoms with Gasteiger partial charge in [-0.25, -0.2) is 0 Å². The zero-order valence-electron chi connectivity index (χ0n) is 18.8. The van der Waals surface area contributed by atoms with Crippen LogP contribution in [0, 0.1) is 11.8 Å². The first-order chi connectivity index (χ1) is 14.3. The van der Waals surface area contributed by atoms with Gasteiger partial charge in [0.25, 0.3) is 0 Å². The summed E-state index contributed by atoms with van der Waals surface area (Å²) in [6.07, 6.45) is 1.09. The van der Waals surface area contributed by atoms with Gasteiger partial charge in [-0.2, -0.15) is 0 Å². The maximum absolute atomic E-state index is 11.2. The lowest BCUT2D eigenvalue weighted by atomic mass is 10.0. The molecule has 30 heavy (non-hydrogen) atoms. The van der Waals surface area contributed by atoms with Crippen molar-refractivity contribution in [2.24, 2.45) is 11.8 Å². The van der Waals surface area contributed by atoms with Gasteiger partial charge in [0.15, 0.2) is 0 Å². The van der Waals surface area contributed by atoms with E-state index >= 15 is 0 Å². The minimum atomic E-state index is -0.806. The highest BCUT2D eigenvalue weighted by molar-refractivity contribution is 7.99. The number of para-hydroxylation sites is 1. The van der Waals surface area contributed by atoms with Crippen molar-refractivity contribution in [2.45, 2.75) is 56.9 Å². The maximum Gasteiger partial charge on any atom is 0.317 e. The maximum atomic E-state index is 11.2. The Morgan fingerprint density at radius 3 is 2.30 bits per heavy atom. The molecule has 0 radical (unpaired) electrons. The van der Waals surface area contributed by atoms with E-state index in [4.69, 9.17) is 4.74 Å². The molecule has 1 atom stereocenters. The molecule has 0 amide bonds. The van der Waals surface area contributed by atoms with Crippen LogP contribution in [0.2, 0.25) is 0 Å². The molecule has 2 aromatic rings. The van der Waals surface area contributed by atoms with E-state index in [-0.39, 0.29) is 18.5 Å². The lowest BCUT2D eigenvalue weighted by molar-refractivity contribution is -0.139. The van der Waals surface area contributed by atoms with Gasteiger partial charge in [0.2, 0.25) is 0 Å². The van der Waals surface area contributed by atoms with E-state index in [0.29, 0.717) is 19.1 Å². The molecule has 0 heterocycles. The molecule has 164 valence electrons. The zero-order valence-corrected chi connectivity index (χ0v) is 19.6. The highest BCUT2D eigenvalue weighted by Crippen LogP contribution is 2.35. The number of carboxylic acids is 1. The largest absolute Gasteiger partial charge is 0.491 e. The summed E-state index contributed by atoms with van der Waals surface area (Å²) in [7, 11) is 0. The Hall–Kier alpha value is -1.98. The number of aliphatic carboxylic acids is 1. The average Bonchev–Trinajstić information content (AvgIpc) is 2.69. The van der Waals surface area contributed by atoms with Crippen LogP contribution in [0.5, 0.6) is 5.75 Å². The number of nitrogens with zero attached hydrogens (tertiary/aromatic N) is 1. The number of hydrogen-bond donors (Lipinski definition) is 1. The summed E-state index contributed by atoms with van der Waals surface area (Å²) in [5.74, 6) is 0.970. The molecule has 2 aromatic carbocycles. The van der Waals surface area contributed by atoms with Gasteiger partial charge in [-0.15, -0.1) is 0 Å². The lowest BCUT2D eigenvalue weighted by Gasteiger charge is -2.32. The van der Waals surface area contributed by atoms with Crippen LogP contribution in [-0.2, 0) is 11.2 Å². The second-order valence-electron chi connectivity index (χ2n) is 8.37. The smallest absolute Gasteiger partial charge is 0.317 e. The number of benzene rings is 2. The molecule has 2 rings (SSSR count). The van der Waals surface area contributed by atoms with Crippen LogP contribution in [0.1, 0.15) is 40.2 Å². The fraction of sp³-hybridized carbons (Fsp3) is 0.480. The second-order valence-corrected chi connectivity index (χ2v) is 9.49. The number of ether oxygens (including phenoxy) is 1. The summed E-state index contributed by atoms with van der Waals surface area (Å²) in [4.78, 5) is 15.4. The van der Waals surface area contributed by atoms with Crippen molar-refractivity contribution in [2.75, 3.05) is 19.7 Å². The molecule has 4 nitrogen and oxygen atoms in total. The fourth-order valence-corrected chi connectivity index (χ4v) is 4.38. The first kappa shape index (κ1) is 24.3. The third-order valence-electron chi connectivity index (χ3n) is 5.04. The Kier molecular flexibility index (Phi) is 9.73. The van der Waals surface area contributed by atoms with E-state index in [9.17, 15) is 9.90 Å². The summed E-state index contributed by atoms with van der Waals surface area (Å²) in [5.41, 5.74) is 1.36. The highest BCUT2D eigenvalue weighted by atomic mass is 32.2. The lowest BCUT2D eigenvalue weighted by Crippen LogP contribution is -2.45. The summed E-state index contributed by atoms with van der Waals surface area (Å²) in [6, 6.07) is 16.8. The molecule has 0 bridgehead atoms. The van der Waals surface area contributed by atoms with E-state index in [1.807, 2.05) is 30.0 Å². The average molecular weight is 430 g/mol. The Labute approximate surface area is 185 Å². The van der Waals surface area contributed by atoms with Crippen LogP contribution in [0.15, 0.2) is 58.3 Å². The van der Waals surface area contributed by atoms with Crippen LogP contribution in [0.3, 0.4) is 0 Å². The van der Waals surface area contributed by atoms with Crippen LogP contribution in [0.4, 0.5) is 0 Å². The summed E-state index contributed by atoms with van der Waals surface area (Å²) >= 11 is 1.69. The van der Waals surface area contributed by atoms with Gasteiger partial charge < -0.3 is 9.84 Å². The molecule has 0 saturated heterocycles. The van der Waals surface area contributed by atoms with E-state index in [1.54, 1.807) is 11.8 Å². The molecule has 1 unspecified atom stereocenters. The molecule has 0 aliphatic rings. The number of carbonyl (C=O) groups is 1. The molecular formula is C25H35NO3S. The van der Waals surface area contributed by atoms with Crippen molar-refractivity contribution in [1.82, 2.24) is 4.90 Å². The van der Waals surface area contributed by atoms with Gasteiger partial charge in [-0.05, 0) is 54.6 Å². The van der Waals surface area contributed by atoms with Crippen LogP contribution >= 0.6 is 11.8 Å². The fourth-order valence-electron chi connectivity index (χ4n) is 3.48. The van der Waals surface area contributed by atoms with Gasteiger partial charge in [0.1, 0.15) is 12.4 Å². The van der Waals surface area contributed by atoms with Crippen molar-refractivity contribution < 1.29 is 14.6 Å². The van der Waals surface area contributed by atoms with Crippen molar-refractivity contribution >= 4 is 17.7 Å². The molecule has 5 heteroatoms. The summed E-state index contributed by atoms with van der Waals surface area (Å²) in [6.45, 7) is 11.8. The second kappa shape index (κ2) is 12.0. The zero-order chi connectivity index (χ0) is 22.1. The van der Waals surface area contributed by atoms with E-state index in [2.05, 4.69) is 58.0 Å². The normalized spacial score (nSPS) is 12.5. The number of hydrogen-bond acceptors (Lipinski definition) is 4. The number of likely N-dealkylation sites (N-methyl/N-ethyl adjacent to an activating group) is 1. The molecule has 0 aliphatic heterocycles. The van der Waals surface area contributed by atoms with Gasteiger partial charge >= 0.3 is 5.97 Å². The van der Waals surface area contributed by atoms with E-state index < -0.39 is 5.97 Å². The van der Waals surface area contributed by atoms with Crippen LogP contribution in [0.25, 0.3) is 0 Å². The monoisotopic (exact) mass is 429 g/mol. The standard InChI is InChI=1S/C25H35NO3S/c1-6-26(16-25(27)28)22(19(4)5)17-29-23-9-7-8-10-24(23)30-21-13-11-20(12-14-21)15-18(2)3/h7-14,18-19,22H,6,15-17H2,1-5H3,(H,27,28). The van der Waals surface area contributed by atoms with E-state index in [1.165, 1.54) is 10.5 Å². The SMILES string of the molecule is CCN(CC(=O)O)C(COc1ccccc1Sc1ccc(CC(C)C)cc1)C(C)C. The third kappa shape index (κ3) is 7.69. The van der Waals surface area contributed by atoms with Crippen molar-refractivity contribution in [1.29, 1.82) is 0 Å². The van der Waals surface area contributed by atoms with Gasteiger partial charge in [-0.3, -0.25) is 9.69 Å². The molecule has 0 aliphatic carbocycles. The minimum absolute atomic E-state index is 0.0296. The van der Waals surface area contributed by atoms with Crippen molar-refractivity contribution in [3.05, 3.63) is 54.1 Å². The Morgan fingerprint density at radius 2 is 1.73 bits per heavy atom. The van der Waals surface area contributed by atoms with Crippen molar-refractivity contribution in [3.8, 4) is 5.75 Å². The summed E-state index contributed by atoms with van der Waals surface area (Å²) < 4.78 is 6.22. The quantitative estimate of drug-likeness (QED) is 0.459. The molecule has 1 N–H and O–H groups in total. The van der Waals surface area contributed by atoms with Gasteiger partial charge in [0, 0.05) is 10.9 Å². The first-order valence-electron chi connectivity index (χ1n) is 10.7. The highest BCUT2D eigenvalue weighted by Gasteiger charge is 2.23. The Morgan fingerprint density at radius 1 is 1.07 bits per heavy atom. The predicted octanol–water partition coefficient (Wildman–Crippen LogP) is 5.85. The topological polar surface area (TPSA) is 49.8 Å². The van der Waals surface area contributed by atoms with Crippen LogP contribution in [-0.4, -0.2) is 41.7 Å². The third-order valence-corrected chi connectivity index (χ3v) is 6.10. The van der Waals surface area contributed by atoms with Crippen LogP contribution < -0.4 is 4.74 Å². The molecule has 0 saturated carbocycles. The number of carboxylic acid groups (broad SMARTS) is 1. The molecule has 0 fully saturated rings. The van der Waals surface area contributed by atoms with Crippen molar-refractivity contribution in [3.63, 3.8) is 0 Å².